The monoisotopic (exact) mass is 452 g/mol. The van der Waals surface area contributed by atoms with E-state index in [1.807, 2.05) is 11.3 Å². The van der Waals surface area contributed by atoms with Gasteiger partial charge in [0.15, 0.2) is 0 Å². The molecule has 0 saturated carbocycles. The zero-order chi connectivity index (χ0) is 22.6. The molecule has 0 saturated heterocycles. The standard InChI is InChI=1S/C33H24S/c1-21-19-23(31-20-22-9-2-3-10-25(22)26-11-4-5-12-27(26)31)17-18-24(21)29-14-8-15-30-28-13-6-7-16-32(28)34-33(29)30/h2-21,24H,1H3. The summed E-state index contributed by atoms with van der Waals surface area (Å²) in [7, 11) is 0. The lowest BCUT2D eigenvalue weighted by Gasteiger charge is -2.25. The Balaban J connectivity index is 1.35. The maximum atomic E-state index is 2.48. The Kier molecular flexibility index (Phi) is 4.47. The summed E-state index contributed by atoms with van der Waals surface area (Å²) in [6.07, 6.45) is 7.27. The van der Waals surface area contributed by atoms with Gasteiger partial charge in [-0.15, -0.1) is 11.3 Å². The van der Waals surface area contributed by atoms with Crippen LogP contribution in [0.25, 0.3) is 47.3 Å². The van der Waals surface area contributed by atoms with Gasteiger partial charge >= 0.3 is 0 Å². The molecule has 0 spiro atoms. The molecule has 2 unspecified atom stereocenters. The maximum absolute atomic E-state index is 2.48. The lowest BCUT2D eigenvalue weighted by molar-refractivity contribution is 0.642. The summed E-state index contributed by atoms with van der Waals surface area (Å²) in [4.78, 5) is 0. The number of rotatable bonds is 2. The van der Waals surface area contributed by atoms with E-state index in [1.165, 1.54) is 58.4 Å². The summed E-state index contributed by atoms with van der Waals surface area (Å²) in [5, 5.41) is 8.04. The smallest absolute Gasteiger partial charge is 0.0393 e. The number of allylic oxidation sites excluding steroid dienone is 4. The molecule has 6 aromatic rings. The van der Waals surface area contributed by atoms with E-state index in [1.54, 1.807) is 0 Å². The lowest BCUT2D eigenvalue weighted by atomic mass is 9.80. The van der Waals surface area contributed by atoms with Crippen molar-refractivity contribution in [2.24, 2.45) is 5.92 Å². The van der Waals surface area contributed by atoms with Gasteiger partial charge in [0.05, 0.1) is 0 Å². The fourth-order valence-corrected chi connectivity index (χ4v) is 6.98. The Hall–Kier alpha value is -3.68. The van der Waals surface area contributed by atoms with Crippen molar-refractivity contribution in [3.63, 3.8) is 0 Å². The molecule has 5 aromatic carbocycles. The predicted molar refractivity (Wildman–Crippen MR) is 150 cm³/mol. The molecular formula is C33H24S. The van der Waals surface area contributed by atoms with Crippen molar-refractivity contribution in [3.8, 4) is 0 Å². The first-order valence-corrected chi connectivity index (χ1v) is 12.8. The van der Waals surface area contributed by atoms with Crippen LogP contribution in [-0.4, -0.2) is 0 Å². The van der Waals surface area contributed by atoms with Crippen molar-refractivity contribution in [1.82, 2.24) is 0 Å². The first kappa shape index (κ1) is 19.8. The van der Waals surface area contributed by atoms with Crippen LogP contribution in [0.1, 0.15) is 24.0 Å². The number of hydrogen-bond acceptors (Lipinski definition) is 1. The number of hydrogen-bond donors (Lipinski definition) is 0. The average molecular weight is 453 g/mol. The van der Waals surface area contributed by atoms with E-state index in [0.717, 1.165) is 0 Å². The minimum absolute atomic E-state index is 0.382. The second kappa shape index (κ2) is 7.68. The van der Waals surface area contributed by atoms with Crippen LogP contribution in [0, 0.1) is 5.92 Å². The highest BCUT2D eigenvalue weighted by atomic mass is 32.1. The Morgan fingerprint density at radius 2 is 1.35 bits per heavy atom. The van der Waals surface area contributed by atoms with Gasteiger partial charge in [-0.25, -0.2) is 0 Å². The lowest BCUT2D eigenvalue weighted by Crippen LogP contribution is -2.09. The largest absolute Gasteiger partial charge is 0.135 e. The van der Waals surface area contributed by atoms with E-state index < -0.39 is 0 Å². The van der Waals surface area contributed by atoms with E-state index in [4.69, 9.17) is 0 Å². The van der Waals surface area contributed by atoms with Crippen molar-refractivity contribution < 1.29 is 0 Å². The molecule has 0 nitrogen and oxygen atoms in total. The number of fused-ring (bicyclic) bond motifs is 6. The Labute approximate surface area is 203 Å². The molecule has 1 heterocycles. The molecule has 34 heavy (non-hydrogen) atoms. The molecule has 0 N–H and O–H groups in total. The highest BCUT2D eigenvalue weighted by Gasteiger charge is 2.23. The molecule has 162 valence electrons. The summed E-state index contributed by atoms with van der Waals surface area (Å²) in [6, 6.07) is 35.5. The first-order chi connectivity index (χ1) is 16.8. The molecule has 1 aliphatic carbocycles. The normalized spacial score (nSPS) is 18.2. The van der Waals surface area contributed by atoms with Gasteiger partial charge in [-0.3, -0.25) is 0 Å². The van der Waals surface area contributed by atoms with Gasteiger partial charge in [0, 0.05) is 26.1 Å². The van der Waals surface area contributed by atoms with Crippen molar-refractivity contribution >= 4 is 58.6 Å². The Morgan fingerprint density at radius 1 is 0.647 bits per heavy atom. The third kappa shape index (κ3) is 2.97. The minimum Gasteiger partial charge on any atom is -0.135 e. The van der Waals surface area contributed by atoms with Crippen LogP contribution in [-0.2, 0) is 0 Å². The second-order valence-corrected chi connectivity index (χ2v) is 10.4. The summed E-state index contributed by atoms with van der Waals surface area (Å²) in [5.41, 5.74) is 4.10. The third-order valence-electron chi connectivity index (χ3n) is 7.36. The summed E-state index contributed by atoms with van der Waals surface area (Å²) >= 11 is 1.93. The van der Waals surface area contributed by atoms with E-state index >= 15 is 0 Å². The Morgan fingerprint density at radius 3 is 2.21 bits per heavy atom. The predicted octanol–water partition coefficient (Wildman–Crippen LogP) is 9.73. The van der Waals surface area contributed by atoms with E-state index in [2.05, 4.69) is 122 Å². The molecule has 1 aromatic heterocycles. The van der Waals surface area contributed by atoms with Gasteiger partial charge in [0.25, 0.3) is 0 Å². The van der Waals surface area contributed by atoms with Crippen LogP contribution in [0.3, 0.4) is 0 Å². The topological polar surface area (TPSA) is 0 Å². The van der Waals surface area contributed by atoms with Crippen molar-refractivity contribution in [2.75, 3.05) is 0 Å². The third-order valence-corrected chi connectivity index (χ3v) is 8.60. The molecule has 0 bridgehead atoms. The molecular weight excluding hydrogens is 428 g/mol. The van der Waals surface area contributed by atoms with Crippen LogP contribution in [0.15, 0.2) is 115 Å². The fraction of sp³-hybridized carbons (Fsp3) is 0.0909. The van der Waals surface area contributed by atoms with Gasteiger partial charge in [0.1, 0.15) is 0 Å². The zero-order valence-corrected chi connectivity index (χ0v) is 19.8. The van der Waals surface area contributed by atoms with Crippen molar-refractivity contribution in [2.45, 2.75) is 12.8 Å². The quantitative estimate of drug-likeness (QED) is 0.229. The van der Waals surface area contributed by atoms with Gasteiger partial charge < -0.3 is 0 Å². The zero-order valence-electron chi connectivity index (χ0n) is 19.0. The molecule has 1 aliphatic rings. The second-order valence-electron chi connectivity index (χ2n) is 9.38. The molecule has 0 amide bonds. The minimum atomic E-state index is 0.382. The van der Waals surface area contributed by atoms with Crippen LogP contribution >= 0.6 is 11.3 Å². The Bertz CT molecular complexity index is 1780. The van der Waals surface area contributed by atoms with Gasteiger partial charge in [-0.05, 0) is 56.3 Å². The number of benzene rings is 5. The van der Waals surface area contributed by atoms with Gasteiger partial charge in [-0.1, -0.05) is 110 Å². The van der Waals surface area contributed by atoms with Crippen molar-refractivity contribution in [3.05, 3.63) is 126 Å². The summed E-state index contributed by atoms with van der Waals surface area (Å²) in [5.74, 6) is 0.799. The SMILES string of the molecule is CC1C=C(c2cc3ccccc3c3ccccc23)C=CC1c1cccc2c1sc1ccccc12. The number of thiophene rings is 1. The van der Waals surface area contributed by atoms with Crippen LogP contribution in [0.2, 0.25) is 0 Å². The molecule has 0 radical (unpaired) electrons. The molecule has 2 atom stereocenters. The summed E-state index contributed by atoms with van der Waals surface area (Å²) in [6.45, 7) is 2.36. The average Bonchev–Trinajstić information content (AvgIpc) is 3.27. The van der Waals surface area contributed by atoms with E-state index in [9.17, 15) is 0 Å². The van der Waals surface area contributed by atoms with Gasteiger partial charge in [0.2, 0.25) is 0 Å². The first-order valence-electron chi connectivity index (χ1n) is 12.0. The molecule has 0 aliphatic heterocycles. The molecule has 7 rings (SSSR count). The maximum Gasteiger partial charge on any atom is 0.0393 e. The van der Waals surface area contributed by atoms with Crippen LogP contribution in [0.4, 0.5) is 0 Å². The highest BCUT2D eigenvalue weighted by Crippen LogP contribution is 2.44. The van der Waals surface area contributed by atoms with Crippen molar-refractivity contribution in [1.29, 1.82) is 0 Å². The summed E-state index contributed by atoms with van der Waals surface area (Å²) < 4.78 is 2.80. The van der Waals surface area contributed by atoms with Gasteiger partial charge in [-0.2, -0.15) is 0 Å². The van der Waals surface area contributed by atoms with E-state index in [-0.39, 0.29) is 0 Å². The fourth-order valence-electron chi connectivity index (χ4n) is 5.72. The highest BCUT2D eigenvalue weighted by molar-refractivity contribution is 7.26. The van der Waals surface area contributed by atoms with Crippen LogP contribution in [0.5, 0.6) is 0 Å². The molecule has 1 heteroatoms. The molecule has 0 fully saturated rings. The van der Waals surface area contributed by atoms with Crippen LogP contribution < -0.4 is 0 Å². The van der Waals surface area contributed by atoms with E-state index in [0.29, 0.717) is 11.8 Å².